The predicted molar refractivity (Wildman–Crippen MR) is 78.9 cm³/mol. The van der Waals surface area contributed by atoms with Gasteiger partial charge in [-0.3, -0.25) is 0 Å². The first-order chi connectivity index (χ1) is 8.83. The molecule has 2 heterocycles. The highest BCUT2D eigenvalue weighted by Gasteiger charge is 2.04. The molecule has 0 saturated carbocycles. The van der Waals surface area contributed by atoms with E-state index in [0.29, 0.717) is 0 Å². The van der Waals surface area contributed by atoms with Gasteiger partial charge in [-0.2, -0.15) is 0 Å². The number of hydrogen-bond donors (Lipinski definition) is 1. The second-order valence-electron chi connectivity index (χ2n) is 3.84. The van der Waals surface area contributed by atoms with Gasteiger partial charge in [0.25, 0.3) is 0 Å². The molecule has 0 radical (unpaired) electrons. The molecular formula is C13H10BrN3S. The van der Waals surface area contributed by atoms with Gasteiger partial charge >= 0.3 is 0 Å². The van der Waals surface area contributed by atoms with Crippen molar-refractivity contribution >= 4 is 43.3 Å². The molecule has 0 aliphatic rings. The van der Waals surface area contributed by atoms with Crippen molar-refractivity contribution in [3.05, 3.63) is 52.1 Å². The lowest BCUT2D eigenvalue weighted by Gasteiger charge is -2.06. The maximum absolute atomic E-state index is 4.29. The summed E-state index contributed by atoms with van der Waals surface area (Å²) in [4.78, 5) is 8.52. The first-order valence-corrected chi connectivity index (χ1v) is 7.17. The van der Waals surface area contributed by atoms with E-state index in [1.807, 2.05) is 23.6 Å². The van der Waals surface area contributed by atoms with Gasteiger partial charge in [0.2, 0.25) is 0 Å². The second-order valence-corrected chi connectivity index (χ2v) is 5.67. The molecule has 0 aliphatic carbocycles. The minimum Gasteiger partial charge on any atom is -0.365 e. The van der Waals surface area contributed by atoms with Crippen LogP contribution in [0.4, 0.5) is 5.82 Å². The Balaban J connectivity index is 1.83. The van der Waals surface area contributed by atoms with Crippen molar-refractivity contribution < 1.29 is 0 Å². The molecule has 5 heteroatoms. The summed E-state index contributed by atoms with van der Waals surface area (Å²) in [5.41, 5.74) is 2.21. The van der Waals surface area contributed by atoms with Crippen LogP contribution in [-0.2, 0) is 6.54 Å². The third-order valence-electron chi connectivity index (χ3n) is 2.59. The highest BCUT2D eigenvalue weighted by Crippen LogP contribution is 2.25. The molecule has 0 fully saturated rings. The van der Waals surface area contributed by atoms with Crippen LogP contribution in [0.2, 0.25) is 0 Å². The van der Waals surface area contributed by atoms with E-state index in [4.69, 9.17) is 0 Å². The zero-order valence-corrected chi connectivity index (χ0v) is 11.8. The van der Waals surface area contributed by atoms with Gasteiger partial charge in [0.1, 0.15) is 12.1 Å². The topological polar surface area (TPSA) is 37.8 Å². The molecule has 3 nitrogen and oxygen atoms in total. The first-order valence-electron chi connectivity index (χ1n) is 5.49. The number of anilines is 1. The standard InChI is InChI=1S/C13H10BrN3S/c14-10-3-1-2-9(6-10)7-15-13-12-11(4-5-18-12)16-8-17-13/h1-6,8H,7H2,(H,15,16,17). The summed E-state index contributed by atoms with van der Waals surface area (Å²) in [6, 6.07) is 10.2. The van der Waals surface area contributed by atoms with Crippen molar-refractivity contribution in [2.24, 2.45) is 0 Å². The van der Waals surface area contributed by atoms with E-state index < -0.39 is 0 Å². The monoisotopic (exact) mass is 319 g/mol. The number of nitrogens with one attached hydrogen (secondary N) is 1. The number of hydrogen-bond acceptors (Lipinski definition) is 4. The highest BCUT2D eigenvalue weighted by molar-refractivity contribution is 9.10. The summed E-state index contributed by atoms with van der Waals surface area (Å²) < 4.78 is 2.19. The van der Waals surface area contributed by atoms with E-state index >= 15 is 0 Å². The van der Waals surface area contributed by atoms with Crippen molar-refractivity contribution in [2.75, 3.05) is 5.32 Å². The quantitative estimate of drug-likeness (QED) is 0.790. The molecule has 3 rings (SSSR count). The lowest BCUT2D eigenvalue weighted by atomic mass is 10.2. The molecule has 1 N–H and O–H groups in total. The van der Waals surface area contributed by atoms with E-state index in [2.05, 4.69) is 43.3 Å². The molecule has 2 aromatic heterocycles. The van der Waals surface area contributed by atoms with Crippen molar-refractivity contribution in [3.8, 4) is 0 Å². The number of fused-ring (bicyclic) bond motifs is 1. The van der Waals surface area contributed by atoms with Crippen molar-refractivity contribution in [1.29, 1.82) is 0 Å². The van der Waals surface area contributed by atoms with Crippen LogP contribution in [0.1, 0.15) is 5.56 Å². The van der Waals surface area contributed by atoms with E-state index in [1.165, 1.54) is 5.56 Å². The SMILES string of the molecule is Brc1cccc(CNc2ncnc3ccsc23)c1. The Morgan fingerprint density at radius 1 is 1.22 bits per heavy atom. The number of halogens is 1. The van der Waals surface area contributed by atoms with E-state index in [1.54, 1.807) is 17.7 Å². The fraction of sp³-hybridized carbons (Fsp3) is 0.0769. The zero-order valence-electron chi connectivity index (χ0n) is 9.43. The minimum absolute atomic E-state index is 0.753. The van der Waals surface area contributed by atoms with Gasteiger partial charge in [-0.25, -0.2) is 9.97 Å². The Morgan fingerprint density at radius 3 is 3.06 bits per heavy atom. The van der Waals surface area contributed by atoms with Crippen LogP contribution < -0.4 is 5.32 Å². The molecule has 0 unspecified atom stereocenters. The second kappa shape index (κ2) is 5.04. The number of benzene rings is 1. The molecule has 90 valence electrons. The van der Waals surface area contributed by atoms with Gasteiger partial charge in [0.15, 0.2) is 0 Å². The van der Waals surface area contributed by atoms with Gasteiger partial charge in [0.05, 0.1) is 10.2 Å². The van der Waals surface area contributed by atoms with Crippen LogP contribution in [0.15, 0.2) is 46.5 Å². The van der Waals surface area contributed by atoms with Crippen LogP contribution in [0.5, 0.6) is 0 Å². The van der Waals surface area contributed by atoms with Crippen LogP contribution in [0.3, 0.4) is 0 Å². The lowest BCUT2D eigenvalue weighted by Crippen LogP contribution is -2.01. The smallest absolute Gasteiger partial charge is 0.147 e. The van der Waals surface area contributed by atoms with Crippen molar-refractivity contribution in [1.82, 2.24) is 9.97 Å². The Labute approximate surface area is 117 Å². The van der Waals surface area contributed by atoms with Crippen molar-refractivity contribution in [2.45, 2.75) is 6.54 Å². The maximum atomic E-state index is 4.29. The average molecular weight is 320 g/mol. The predicted octanol–water partition coefficient (Wildman–Crippen LogP) is 4.07. The third kappa shape index (κ3) is 2.37. The Morgan fingerprint density at radius 2 is 2.17 bits per heavy atom. The number of nitrogens with zero attached hydrogens (tertiary/aromatic N) is 2. The summed E-state index contributed by atoms with van der Waals surface area (Å²) >= 11 is 5.13. The van der Waals surface area contributed by atoms with Crippen LogP contribution >= 0.6 is 27.3 Å². The molecule has 18 heavy (non-hydrogen) atoms. The summed E-state index contributed by atoms with van der Waals surface area (Å²) in [6.07, 6.45) is 1.60. The van der Waals surface area contributed by atoms with E-state index in [0.717, 1.165) is 27.1 Å². The largest absolute Gasteiger partial charge is 0.365 e. The molecule has 0 bridgehead atoms. The Hall–Kier alpha value is -1.46. The molecule has 0 atom stereocenters. The molecule has 0 aliphatic heterocycles. The summed E-state index contributed by atoms with van der Waals surface area (Å²) in [5, 5.41) is 5.39. The van der Waals surface area contributed by atoms with Crippen LogP contribution in [0, 0.1) is 0 Å². The van der Waals surface area contributed by atoms with Gasteiger partial charge in [-0.05, 0) is 29.1 Å². The number of aromatic nitrogens is 2. The molecular weight excluding hydrogens is 310 g/mol. The zero-order chi connectivity index (χ0) is 12.4. The molecule has 0 spiro atoms. The molecule has 0 saturated heterocycles. The lowest BCUT2D eigenvalue weighted by molar-refractivity contribution is 1.10. The normalized spacial score (nSPS) is 10.7. The fourth-order valence-electron chi connectivity index (χ4n) is 1.75. The first kappa shape index (κ1) is 11.6. The van der Waals surface area contributed by atoms with E-state index in [9.17, 15) is 0 Å². The third-order valence-corrected chi connectivity index (χ3v) is 4.00. The Bertz CT molecular complexity index is 681. The summed E-state index contributed by atoms with van der Waals surface area (Å²) in [5.74, 6) is 0.898. The van der Waals surface area contributed by atoms with Gasteiger partial charge in [0, 0.05) is 11.0 Å². The molecule has 3 aromatic rings. The van der Waals surface area contributed by atoms with Crippen LogP contribution in [-0.4, -0.2) is 9.97 Å². The van der Waals surface area contributed by atoms with Gasteiger partial charge < -0.3 is 5.32 Å². The number of rotatable bonds is 3. The summed E-state index contributed by atoms with van der Waals surface area (Å²) in [7, 11) is 0. The highest BCUT2D eigenvalue weighted by atomic mass is 79.9. The van der Waals surface area contributed by atoms with Gasteiger partial charge in [-0.1, -0.05) is 28.1 Å². The minimum atomic E-state index is 0.753. The molecule has 0 amide bonds. The van der Waals surface area contributed by atoms with E-state index in [-0.39, 0.29) is 0 Å². The molecule has 1 aromatic carbocycles. The maximum Gasteiger partial charge on any atom is 0.147 e. The van der Waals surface area contributed by atoms with Gasteiger partial charge in [-0.15, -0.1) is 11.3 Å². The van der Waals surface area contributed by atoms with Crippen molar-refractivity contribution in [3.63, 3.8) is 0 Å². The Kier molecular flexibility index (Phi) is 3.25. The summed E-state index contributed by atoms with van der Waals surface area (Å²) in [6.45, 7) is 0.753. The number of thiophene rings is 1. The average Bonchev–Trinajstić information content (AvgIpc) is 2.85. The van der Waals surface area contributed by atoms with Crippen LogP contribution in [0.25, 0.3) is 10.2 Å². The fourth-order valence-corrected chi connectivity index (χ4v) is 3.01.